The van der Waals surface area contributed by atoms with E-state index < -0.39 is 0 Å². The lowest BCUT2D eigenvalue weighted by atomic mass is 10.4. The second-order valence-corrected chi connectivity index (χ2v) is 2.20. The average molecular weight is 129 g/mol. The highest BCUT2D eigenvalue weighted by Gasteiger charge is 2.16. The fourth-order valence-corrected chi connectivity index (χ4v) is 0.927. The number of likely N-dealkylation sites (N-methyl/N-ethyl adjacent to an activating group) is 1. The lowest BCUT2D eigenvalue weighted by molar-refractivity contribution is -0.0135. The standard InChI is InChI=1S/C6H13N2O/c1-8-4-3-7-5-6(8)9-2/h4,6-7H,3,5H2,1-2H3. The summed E-state index contributed by atoms with van der Waals surface area (Å²) in [6, 6.07) is 0. The number of rotatable bonds is 1. The number of piperazine rings is 1. The third kappa shape index (κ3) is 1.64. The number of nitrogens with zero attached hydrogens (tertiary/aromatic N) is 1. The molecule has 0 saturated carbocycles. The first kappa shape index (κ1) is 6.99. The van der Waals surface area contributed by atoms with E-state index in [9.17, 15) is 0 Å². The Labute approximate surface area is 56.0 Å². The minimum absolute atomic E-state index is 0.221. The van der Waals surface area contributed by atoms with Crippen molar-refractivity contribution in [3.8, 4) is 0 Å². The monoisotopic (exact) mass is 129 g/mol. The van der Waals surface area contributed by atoms with Crippen LogP contribution in [0, 0.1) is 6.54 Å². The van der Waals surface area contributed by atoms with Gasteiger partial charge in [-0.05, 0) is 7.05 Å². The van der Waals surface area contributed by atoms with Gasteiger partial charge in [0.2, 0.25) is 0 Å². The van der Waals surface area contributed by atoms with E-state index >= 15 is 0 Å². The maximum atomic E-state index is 5.14. The summed E-state index contributed by atoms with van der Waals surface area (Å²) in [6.07, 6.45) is 0.221. The van der Waals surface area contributed by atoms with E-state index in [0.29, 0.717) is 0 Å². The molecule has 1 unspecified atom stereocenters. The Morgan fingerprint density at radius 1 is 1.78 bits per heavy atom. The van der Waals surface area contributed by atoms with Gasteiger partial charge in [-0.15, -0.1) is 0 Å². The molecule has 9 heavy (non-hydrogen) atoms. The van der Waals surface area contributed by atoms with Crippen LogP contribution in [0.15, 0.2) is 0 Å². The van der Waals surface area contributed by atoms with Gasteiger partial charge < -0.3 is 10.1 Å². The van der Waals surface area contributed by atoms with Crippen LogP contribution in [0.5, 0.6) is 0 Å². The number of methoxy groups -OCH3 is 1. The Morgan fingerprint density at radius 3 is 3.00 bits per heavy atom. The van der Waals surface area contributed by atoms with Crippen LogP contribution in [0.1, 0.15) is 0 Å². The van der Waals surface area contributed by atoms with Crippen molar-refractivity contribution < 1.29 is 4.74 Å². The zero-order valence-corrected chi connectivity index (χ0v) is 5.92. The molecule has 1 saturated heterocycles. The molecule has 0 aromatic rings. The third-order valence-corrected chi connectivity index (χ3v) is 1.57. The molecule has 3 heteroatoms. The maximum Gasteiger partial charge on any atom is 0.122 e. The molecule has 0 aromatic heterocycles. The summed E-state index contributed by atoms with van der Waals surface area (Å²) in [5.74, 6) is 0. The first-order chi connectivity index (χ1) is 4.34. The molecule has 53 valence electrons. The van der Waals surface area contributed by atoms with Gasteiger partial charge in [0.25, 0.3) is 0 Å². The van der Waals surface area contributed by atoms with Crippen molar-refractivity contribution in [3.05, 3.63) is 6.54 Å². The summed E-state index contributed by atoms with van der Waals surface area (Å²) in [5, 5.41) is 3.19. The van der Waals surface area contributed by atoms with E-state index in [2.05, 4.69) is 16.8 Å². The van der Waals surface area contributed by atoms with Gasteiger partial charge in [0, 0.05) is 26.7 Å². The van der Waals surface area contributed by atoms with Gasteiger partial charge >= 0.3 is 0 Å². The predicted molar refractivity (Wildman–Crippen MR) is 35.7 cm³/mol. The van der Waals surface area contributed by atoms with Gasteiger partial charge in [-0.1, -0.05) is 0 Å². The zero-order valence-electron chi connectivity index (χ0n) is 5.92. The van der Waals surface area contributed by atoms with Gasteiger partial charge in [0.15, 0.2) is 0 Å². The number of hydrogen-bond acceptors (Lipinski definition) is 3. The summed E-state index contributed by atoms with van der Waals surface area (Å²) >= 11 is 0. The molecule has 0 aliphatic carbocycles. The fraction of sp³-hybridized carbons (Fsp3) is 0.833. The van der Waals surface area contributed by atoms with Crippen molar-refractivity contribution in [2.45, 2.75) is 6.23 Å². The first-order valence-corrected chi connectivity index (χ1v) is 3.13. The zero-order chi connectivity index (χ0) is 6.69. The molecular formula is C6H13N2O. The van der Waals surface area contributed by atoms with Crippen LogP contribution >= 0.6 is 0 Å². The average Bonchev–Trinajstić information content (AvgIpc) is 1.89. The van der Waals surface area contributed by atoms with Gasteiger partial charge in [-0.25, -0.2) is 0 Å². The maximum absolute atomic E-state index is 5.14. The normalized spacial score (nSPS) is 30.7. The van der Waals surface area contributed by atoms with Crippen molar-refractivity contribution in [1.29, 1.82) is 0 Å². The van der Waals surface area contributed by atoms with E-state index in [4.69, 9.17) is 4.74 Å². The molecule has 1 radical (unpaired) electrons. The highest BCUT2D eigenvalue weighted by atomic mass is 16.5. The molecule has 1 N–H and O–H groups in total. The van der Waals surface area contributed by atoms with E-state index in [-0.39, 0.29) is 6.23 Å². The molecule has 0 bridgehead atoms. The summed E-state index contributed by atoms with van der Waals surface area (Å²) in [5.41, 5.74) is 0. The molecular weight excluding hydrogens is 116 g/mol. The molecule has 0 spiro atoms. The van der Waals surface area contributed by atoms with Crippen molar-refractivity contribution in [3.63, 3.8) is 0 Å². The van der Waals surface area contributed by atoms with Crippen LogP contribution in [-0.2, 0) is 4.74 Å². The van der Waals surface area contributed by atoms with Gasteiger partial charge in [-0.2, -0.15) is 0 Å². The second kappa shape index (κ2) is 3.15. The van der Waals surface area contributed by atoms with Crippen LogP contribution in [0.25, 0.3) is 0 Å². The van der Waals surface area contributed by atoms with E-state index in [0.717, 1.165) is 13.1 Å². The minimum Gasteiger partial charge on any atom is -0.365 e. The molecule has 1 aliphatic heterocycles. The smallest absolute Gasteiger partial charge is 0.122 e. The molecule has 1 fully saturated rings. The largest absolute Gasteiger partial charge is 0.365 e. The van der Waals surface area contributed by atoms with Gasteiger partial charge in [-0.3, -0.25) is 4.90 Å². The quantitative estimate of drug-likeness (QED) is 0.524. The van der Waals surface area contributed by atoms with E-state index in [1.165, 1.54) is 0 Å². The number of ether oxygens (including phenoxy) is 1. The Kier molecular flexibility index (Phi) is 2.45. The Balaban J connectivity index is 2.30. The van der Waals surface area contributed by atoms with Gasteiger partial charge in [0.05, 0.1) is 0 Å². The van der Waals surface area contributed by atoms with Gasteiger partial charge in [0.1, 0.15) is 6.23 Å². The van der Waals surface area contributed by atoms with Crippen molar-refractivity contribution in [1.82, 2.24) is 10.2 Å². The van der Waals surface area contributed by atoms with Crippen LogP contribution < -0.4 is 5.32 Å². The number of hydrogen-bond donors (Lipinski definition) is 1. The predicted octanol–water partition coefficient (Wildman–Crippen LogP) is -0.344. The van der Waals surface area contributed by atoms with Crippen LogP contribution in [0.4, 0.5) is 0 Å². The molecule has 0 aromatic carbocycles. The van der Waals surface area contributed by atoms with E-state index in [1.807, 2.05) is 7.05 Å². The molecule has 1 atom stereocenters. The van der Waals surface area contributed by atoms with Crippen LogP contribution in [0.2, 0.25) is 0 Å². The summed E-state index contributed by atoms with van der Waals surface area (Å²) in [4.78, 5) is 2.08. The SMILES string of the molecule is COC1CNC[CH]N1C. The topological polar surface area (TPSA) is 24.5 Å². The first-order valence-electron chi connectivity index (χ1n) is 3.13. The summed E-state index contributed by atoms with van der Waals surface area (Å²) in [7, 11) is 3.75. The number of nitrogens with one attached hydrogen (secondary N) is 1. The highest BCUT2D eigenvalue weighted by molar-refractivity contribution is 4.78. The molecule has 1 aliphatic rings. The fourth-order valence-electron chi connectivity index (χ4n) is 0.927. The molecule has 0 amide bonds. The molecule has 3 nitrogen and oxygen atoms in total. The molecule has 1 rings (SSSR count). The summed E-state index contributed by atoms with van der Waals surface area (Å²) in [6.45, 7) is 3.96. The summed E-state index contributed by atoms with van der Waals surface area (Å²) < 4.78 is 5.14. The van der Waals surface area contributed by atoms with Crippen molar-refractivity contribution in [2.24, 2.45) is 0 Å². The lowest BCUT2D eigenvalue weighted by Gasteiger charge is -2.30. The Bertz CT molecular complexity index is 87.1. The van der Waals surface area contributed by atoms with Crippen LogP contribution in [-0.4, -0.2) is 38.4 Å². The van der Waals surface area contributed by atoms with Crippen molar-refractivity contribution >= 4 is 0 Å². The second-order valence-electron chi connectivity index (χ2n) is 2.20. The Morgan fingerprint density at radius 2 is 2.56 bits per heavy atom. The van der Waals surface area contributed by atoms with Crippen LogP contribution in [0.3, 0.4) is 0 Å². The third-order valence-electron chi connectivity index (χ3n) is 1.57. The van der Waals surface area contributed by atoms with Crippen molar-refractivity contribution in [2.75, 3.05) is 27.2 Å². The Hall–Kier alpha value is -0.120. The highest BCUT2D eigenvalue weighted by Crippen LogP contribution is 2.01. The minimum atomic E-state index is 0.221. The molecule has 1 heterocycles. The van der Waals surface area contributed by atoms with E-state index in [1.54, 1.807) is 7.11 Å². The lowest BCUT2D eigenvalue weighted by Crippen LogP contribution is -2.47.